The Morgan fingerprint density at radius 1 is 1.00 bits per heavy atom. The molecule has 34 valence electrons. The number of hydrogen-bond acceptors (Lipinski definition) is 2. The molecule has 0 saturated heterocycles. The van der Waals surface area contributed by atoms with Crippen LogP contribution in [0, 0.1) is 10.8 Å². The molecule has 0 aromatic heterocycles. The molecule has 2 heteroatoms. The van der Waals surface area contributed by atoms with Crippen molar-refractivity contribution in [2.24, 2.45) is 0 Å². The van der Waals surface area contributed by atoms with Gasteiger partial charge in [-0.1, -0.05) is 0 Å². The van der Waals surface area contributed by atoms with E-state index in [2.05, 4.69) is 0 Å². The molecule has 0 rings (SSSR count). The van der Waals surface area contributed by atoms with Crippen molar-refractivity contribution in [1.29, 1.82) is 10.8 Å². The summed E-state index contributed by atoms with van der Waals surface area (Å²) in [7, 11) is 0. The topological polar surface area (TPSA) is 47.7 Å². The van der Waals surface area contributed by atoms with Gasteiger partial charge in [0.25, 0.3) is 0 Å². The van der Waals surface area contributed by atoms with Crippen LogP contribution < -0.4 is 0 Å². The molecule has 2 N–H and O–H groups in total. The Morgan fingerprint density at radius 3 is 1.17 bits per heavy atom. The summed E-state index contributed by atoms with van der Waals surface area (Å²) in [6.07, 6.45) is 0. The Morgan fingerprint density at radius 2 is 1.17 bits per heavy atom. The van der Waals surface area contributed by atoms with Crippen LogP contribution in [0.5, 0.6) is 0 Å². The zero-order valence-electron chi connectivity index (χ0n) is 4.00. The first-order valence-electron chi connectivity index (χ1n) is 1.75. The van der Waals surface area contributed by atoms with Crippen LogP contribution in [0.15, 0.2) is 0 Å². The van der Waals surface area contributed by atoms with Gasteiger partial charge in [0.05, 0.1) is 0 Å². The van der Waals surface area contributed by atoms with Crippen molar-refractivity contribution in [2.75, 3.05) is 0 Å². The summed E-state index contributed by atoms with van der Waals surface area (Å²) in [4.78, 5) is 0. The molecule has 2 nitrogen and oxygen atoms in total. The first-order valence-corrected chi connectivity index (χ1v) is 1.75. The van der Waals surface area contributed by atoms with E-state index in [1.165, 1.54) is 0 Å². The molecule has 0 radical (unpaired) electrons. The van der Waals surface area contributed by atoms with E-state index in [1.54, 1.807) is 13.8 Å². The van der Waals surface area contributed by atoms with Crippen LogP contribution >= 0.6 is 0 Å². The van der Waals surface area contributed by atoms with Crippen molar-refractivity contribution in [3.05, 3.63) is 0 Å². The predicted molar refractivity (Wildman–Crippen MR) is 26.8 cm³/mol. The van der Waals surface area contributed by atoms with Crippen molar-refractivity contribution in [1.82, 2.24) is 0 Å². The highest BCUT2D eigenvalue weighted by Gasteiger charge is 1.83. The minimum Gasteiger partial charge on any atom is -0.304 e. The molecule has 0 aliphatic heterocycles. The molecule has 0 atom stereocenters. The quantitative estimate of drug-likeness (QED) is 0.446. The molecule has 0 heterocycles. The molecular weight excluding hydrogens is 76.1 g/mol. The first kappa shape index (κ1) is 5.34. The van der Waals surface area contributed by atoms with Gasteiger partial charge in [0.15, 0.2) is 0 Å². The highest BCUT2D eigenvalue weighted by Crippen LogP contribution is 1.69. The van der Waals surface area contributed by atoms with Crippen molar-refractivity contribution in [3.8, 4) is 0 Å². The Hall–Kier alpha value is -0.660. The molecule has 0 unspecified atom stereocenters. The van der Waals surface area contributed by atoms with Crippen LogP contribution in [-0.4, -0.2) is 11.4 Å². The normalized spacial score (nSPS) is 7.67. The summed E-state index contributed by atoms with van der Waals surface area (Å²) in [6, 6.07) is 0. The van der Waals surface area contributed by atoms with Crippen LogP contribution in [-0.2, 0) is 0 Å². The molecule has 0 aromatic carbocycles. The smallest absolute Gasteiger partial charge is 0.0487 e. The Kier molecular flexibility index (Phi) is 1.51. The van der Waals surface area contributed by atoms with Crippen LogP contribution in [0.4, 0.5) is 0 Å². The van der Waals surface area contributed by atoms with Gasteiger partial charge in [-0.15, -0.1) is 0 Å². The summed E-state index contributed by atoms with van der Waals surface area (Å²) < 4.78 is 0. The van der Waals surface area contributed by atoms with E-state index >= 15 is 0 Å². The van der Waals surface area contributed by atoms with Gasteiger partial charge in [0.2, 0.25) is 0 Å². The molecule has 0 aromatic rings. The summed E-state index contributed by atoms with van der Waals surface area (Å²) in [6.45, 7) is 3.20. The highest BCUT2D eigenvalue weighted by atomic mass is 14.5. The maximum Gasteiger partial charge on any atom is 0.0487 e. The van der Waals surface area contributed by atoms with Gasteiger partial charge in [0, 0.05) is 11.4 Å². The molecule has 0 bridgehead atoms. The van der Waals surface area contributed by atoms with Crippen molar-refractivity contribution in [3.63, 3.8) is 0 Å². The largest absolute Gasteiger partial charge is 0.304 e. The van der Waals surface area contributed by atoms with Crippen LogP contribution in [0.2, 0.25) is 0 Å². The van der Waals surface area contributed by atoms with Crippen molar-refractivity contribution < 1.29 is 0 Å². The Balaban J connectivity index is 3.57. The zero-order valence-corrected chi connectivity index (χ0v) is 4.00. The average molecular weight is 84.1 g/mol. The lowest BCUT2D eigenvalue weighted by Gasteiger charge is -1.83. The monoisotopic (exact) mass is 84.1 g/mol. The van der Waals surface area contributed by atoms with Crippen LogP contribution in [0.25, 0.3) is 0 Å². The van der Waals surface area contributed by atoms with E-state index in [9.17, 15) is 0 Å². The predicted octanol–water partition coefficient (Wildman–Crippen LogP) is 1.07. The first-order chi connectivity index (χ1) is 2.64. The Bertz CT molecular complexity index is 71.5. The fourth-order valence-corrected chi connectivity index (χ4v) is 0. The lowest BCUT2D eigenvalue weighted by molar-refractivity contribution is 1.45. The summed E-state index contributed by atoms with van der Waals surface area (Å²) in [5.74, 6) is 0. The van der Waals surface area contributed by atoms with Gasteiger partial charge >= 0.3 is 0 Å². The summed E-state index contributed by atoms with van der Waals surface area (Å²) in [5.41, 5.74) is 0.685. The molecular formula is C4H8N2. The second-order valence-electron chi connectivity index (χ2n) is 1.25. The molecule has 0 aliphatic rings. The average Bonchev–Trinajstić information content (AvgIpc) is 1.36. The fraction of sp³-hybridized carbons (Fsp3) is 0.500. The third-order valence-electron chi connectivity index (χ3n) is 0.562. The molecule has 0 saturated carbocycles. The SMILES string of the molecule is CC(=N)C(C)=N. The summed E-state index contributed by atoms with van der Waals surface area (Å²) >= 11 is 0. The van der Waals surface area contributed by atoms with Gasteiger partial charge in [-0.3, -0.25) is 0 Å². The highest BCUT2D eigenvalue weighted by molar-refractivity contribution is 6.37. The zero-order chi connectivity index (χ0) is 5.15. The number of hydrogen-bond donors (Lipinski definition) is 2. The van der Waals surface area contributed by atoms with Crippen LogP contribution in [0.1, 0.15) is 13.8 Å². The van der Waals surface area contributed by atoms with Crippen molar-refractivity contribution in [2.45, 2.75) is 13.8 Å². The third-order valence-corrected chi connectivity index (χ3v) is 0.562. The van der Waals surface area contributed by atoms with E-state index in [-0.39, 0.29) is 0 Å². The van der Waals surface area contributed by atoms with Gasteiger partial charge < -0.3 is 10.8 Å². The molecule has 0 amide bonds. The third kappa shape index (κ3) is 1.64. The standard InChI is InChI=1S/C4H8N2/c1-3(5)4(2)6/h5-6H,1-2H3. The van der Waals surface area contributed by atoms with E-state index < -0.39 is 0 Å². The van der Waals surface area contributed by atoms with E-state index in [0.29, 0.717) is 11.4 Å². The van der Waals surface area contributed by atoms with Gasteiger partial charge in [-0.25, -0.2) is 0 Å². The minimum absolute atomic E-state index is 0.343. The molecule has 6 heavy (non-hydrogen) atoms. The maximum atomic E-state index is 6.72. The van der Waals surface area contributed by atoms with E-state index in [1.807, 2.05) is 0 Å². The Labute approximate surface area is 37.2 Å². The second-order valence-corrected chi connectivity index (χ2v) is 1.25. The lowest BCUT2D eigenvalue weighted by atomic mass is 10.3. The number of nitrogens with one attached hydrogen (secondary N) is 2. The molecule has 0 fully saturated rings. The molecule has 0 spiro atoms. The van der Waals surface area contributed by atoms with Gasteiger partial charge in [0.1, 0.15) is 0 Å². The summed E-state index contributed by atoms with van der Waals surface area (Å²) in [5, 5.41) is 13.4. The second kappa shape index (κ2) is 1.70. The van der Waals surface area contributed by atoms with E-state index in [4.69, 9.17) is 10.8 Å². The van der Waals surface area contributed by atoms with E-state index in [0.717, 1.165) is 0 Å². The lowest BCUT2D eigenvalue weighted by Crippen LogP contribution is -1.99. The maximum absolute atomic E-state index is 6.72. The molecule has 0 aliphatic carbocycles. The fourth-order valence-electron chi connectivity index (χ4n) is 0. The van der Waals surface area contributed by atoms with Crippen molar-refractivity contribution >= 4 is 11.4 Å². The minimum atomic E-state index is 0.343. The van der Waals surface area contributed by atoms with Gasteiger partial charge in [-0.2, -0.15) is 0 Å². The van der Waals surface area contributed by atoms with Gasteiger partial charge in [-0.05, 0) is 13.8 Å². The van der Waals surface area contributed by atoms with Crippen LogP contribution in [0.3, 0.4) is 0 Å². The number of rotatable bonds is 1.